The summed E-state index contributed by atoms with van der Waals surface area (Å²) in [6, 6.07) is 17.9. The predicted octanol–water partition coefficient (Wildman–Crippen LogP) is 3.27. The zero-order valence-corrected chi connectivity index (χ0v) is 15.4. The van der Waals surface area contributed by atoms with Crippen molar-refractivity contribution in [2.45, 2.75) is 44.9 Å². The lowest BCUT2D eigenvalue weighted by molar-refractivity contribution is -0.122. The molecule has 1 aliphatic carbocycles. The van der Waals surface area contributed by atoms with Gasteiger partial charge in [-0.1, -0.05) is 30.7 Å². The van der Waals surface area contributed by atoms with Crippen LogP contribution in [0.4, 0.5) is 0 Å². The molecule has 2 aromatic carbocycles. The monoisotopic (exact) mass is 363 g/mol. The minimum atomic E-state index is -0.183. The summed E-state index contributed by atoms with van der Waals surface area (Å²) in [5, 5.41) is 12.5. The predicted molar refractivity (Wildman–Crippen MR) is 104 cm³/mol. The van der Waals surface area contributed by atoms with Gasteiger partial charge in [0, 0.05) is 18.5 Å². The Hall–Kier alpha value is -2.84. The van der Waals surface area contributed by atoms with Crippen LogP contribution >= 0.6 is 0 Å². The van der Waals surface area contributed by atoms with Crippen molar-refractivity contribution in [3.8, 4) is 11.8 Å². The lowest BCUT2D eigenvalue weighted by Crippen LogP contribution is -2.38. The number of ether oxygens (including phenoxy) is 1. The van der Waals surface area contributed by atoms with E-state index in [-0.39, 0.29) is 11.8 Å². The summed E-state index contributed by atoms with van der Waals surface area (Å²) in [5.74, 6) is 0.614. The van der Waals surface area contributed by atoms with Crippen molar-refractivity contribution in [3.05, 3.63) is 65.2 Å². The second-order valence-corrected chi connectivity index (χ2v) is 7.09. The Labute approximate surface area is 160 Å². The number of hydrogen-bond acceptors (Lipinski definition) is 4. The number of carbonyl (C=O) groups excluding carboxylic acids is 1. The third kappa shape index (κ3) is 5.57. The molecule has 27 heavy (non-hydrogen) atoms. The van der Waals surface area contributed by atoms with Gasteiger partial charge in [0.15, 0.2) is 0 Å². The highest BCUT2D eigenvalue weighted by Gasteiger charge is 2.25. The molecule has 0 aromatic heterocycles. The molecule has 1 fully saturated rings. The summed E-state index contributed by atoms with van der Waals surface area (Å²) >= 11 is 0. The maximum Gasteiger partial charge on any atom is 0.220 e. The third-order valence-corrected chi connectivity index (χ3v) is 5.03. The average Bonchev–Trinajstić information content (AvgIpc) is 2.71. The maximum atomic E-state index is 11.4. The molecule has 0 saturated heterocycles. The highest BCUT2D eigenvalue weighted by molar-refractivity contribution is 5.76. The number of nitriles is 1. The Morgan fingerprint density at radius 1 is 1.19 bits per heavy atom. The molecular weight excluding hydrogens is 338 g/mol. The van der Waals surface area contributed by atoms with Gasteiger partial charge < -0.3 is 15.8 Å². The van der Waals surface area contributed by atoms with E-state index >= 15 is 0 Å². The largest absolute Gasteiger partial charge is 0.489 e. The molecule has 2 atom stereocenters. The van der Waals surface area contributed by atoms with Crippen LogP contribution in [0, 0.1) is 17.2 Å². The van der Waals surface area contributed by atoms with E-state index in [1.807, 2.05) is 36.4 Å². The summed E-state index contributed by atoms with van der Waals surface area (Å²) in [4.78, 5) is 11.4. The molecule has 1 saturated carbocycles. The van der Waals surface area contributed by atoms with Crippen LogP contribution in [-0.2, 0) is 17.9 Å². The van der Waals surface area contributed by atoms with Crippen molar-refractivity contribution >= 4 is 5.91 Å². The molecule has 2 aromatic rings. The molecule has 3 rings (SSSR count). The molecule has 0 aliphatic heterocycles. The fraction of sp³-hybridized carbons (Fsp3) is 0.364. The van der Waals surface area contributed by atoms with E-state index in [9.17, 15) is 4.79 Å². The van der Waals surface area contributed by atoms with Crippen LogP contribution in [0.15, 0.2) is 48.5 Å². The SMILES string of the molecule is N#Cc1cccc(COc2cccc(CNC3CCCC(C(N)=O)C3)c2)c1. The van der Waals surface area contributed by atoms with Crippen LogP contribution in [0.2, 0.25) is 0 Å². The van der Waals surface area contributed by atoms with Crippen molar-refractivity contribution in [1.29, 1.82) is 5.26 Å². The minimum absolute atomic E-state index is 0.00454. The van der Waals surface area contributed by atoms with E-state index in [0.29, 0.717) is 18.2 Å². The van der Waals surface area contributed by atoms with Gasteiger partial charge in [0.2, 0.25) is 5.91 Å². The Morgan fingerprint density at radius 2 is 2.00 bits per heavy atom. The van der Waals surface area contributed by atoms with E-state index in [0.717, 1.165) is 49.1 Å². The molecule has 1 amide bonds. The number of amides is 1. The maximum absolute atomic E-state index is 11.4. The van der Waals surface area contributed by atoms with Crippen LogP contribution in [0.3, 0.4) is 0 Å². The van der Waals surface area contributed by atoms with Crippen LogP contribution in [0.25, 0.3) is 0 Å². The number of nitrogens with two attached hydrogens (primary N) is 1. The molecule has 1 aliphatic rings. The van der Waals surface area contributed by atoms with Crippen molar-refractivity contribution in [3.63, 3.8) is 0 Å². The standard InChI is InChI=1S/C22H25N3O2/c23-13-16-4-1-6-18(10-16)15-27-21-9-2-5-17(11-21)14-25-20-8-3-7-19(12-20)22(24)26/h1-2,4-6,9-11,19-20,25H,3,7-8,12,14-15H2,(H2,24,26). The first kappa shape index (κ1) is 18.9. The quantitative estimate of drug-likeness (QED) is 0.790. The van der Waals surface area contributed by atoms with Crippen molar-refractivity contribution < 1.29 is 9.53 Å². The van der Waals surface area contributed by atoms with Gasteiger partial charge in [-0.15, -0.1) is 0 Å². The molecule has 0 radical (unpaired) electrons. The van der Waals surface area contributed by atoms with Gasteiger partial charge in [-0.05, 0) is 54.7 Å². The number of primary amides is 1. The van der Waals surface area contributed by atoms with Crippen molar-refractivity contribution in [1.82, 2.24) is 5.32 Å². The highest BCUT2D eigenvalue weighted by Crippen LogP contribution is 2.24. The first-order valence-corrected chi connectivity index (χ1v) is 9.37. The van der Waals surface area contributed by atoms with Gasteiger partial charge in [-0.2, -0.15) is 5.26 Å². The molecule has 0 heterocycles. The van der Waals surface area contributed by atoms with E-state index in [1.54, 1.807) is 6.07 Å². The molecule has 3 N–H and O–H groups in total. The van der Waals surface area contributed by atoms with Crippen molar-refractivity contribution in [2.75, 3.05) is 0 Å². The van der Waals surface area contributed by atoms with Crippen LogP contribution in [0.1, 0.15) is 42.4 Å². The highest BCUT2D eigenvalue weighted by atomic mass is 16.5. The normalized spacial score (nSPS) is 19.2. The molecule has 0 bridgehead atoms. The fourth-order valence-corrected chi connectivity index (χ4v) is 3.54. The smallest absolute Gasteiger partial charge is 0.220 e. The van der Waals surface area contributed by atoms with Crippen molar-refractivity contribution in [2.24, 2.45) is 11.7 Å². The molecule has 5 nitrogen and oxygen atoms in total. The number of nitrogens with zero attached hydrogens (tertiary/aromatic N) is 1. The number of benzene rings is 2. The van der Waals surface area contributed by atoms with Gasteiger partial charge in [0.25, 0.3) is 0 Å². The molecule has 5 heteroatoms. The van der Waals surface area contributed by atoms with E-state index in [1.165, 1.54) is 0 Å². The molecule has 0 spiro atoms. The lowest BCUT2D eigenvalue weighted by atomic mass is 9.85. The van der Waals surface area contributed by atoms with Crippen LogP contribution in [0.5, 0.6) is 5.75 Å². The van der Waals surface area contributed by atoms with Crippen LogP contribution < -0.4 is 15.8 Å². The molecule has 140 valence electrons. The third-order valence-electron chi connectivity index (χ3n) is 5.03. The number of hydrogen-bond donors (Lipinski definition) is 2. The fourth-order valence-electron chi connectivity index (χ4n) is 3.54. The molecule has 2 unspecified atom stereocenters. The Kier molecular flexibility index (Phi) is 6.45. The summed E-state index contributed by atoms with van der Waals surface area (Å²) in [5.41, 5.74) is 8.20. The number of rotatable bonds is 7. The average molecular weight is 363 g/mol. The summed E-state index contributed by atoms with van der Waals surface area (Å²) in [7, 11) is 0. The topological polar surface area (TPSA) is 88.1 Å². The molecular formula is C22H25N3O2. The van der Waals surface area contributed by atoms with Gasteiger partial charge in [-0.3, -0.25) is 4.79 Å². The first-order valence-electron chi connectivity index (χ1n) is 9.37. The lowest BCUT2D eigenvalue weighted by Gasteiger charge is -2.28. The van der Waals surface area contributed by atoms with Gasteiger partial charge in [-0.25, -0.2) is 0 Å². The van der Waals surface area contributed by atoms with E-state index < -0.39 is 0 Å². The summed E-state index contributed by atoms with van der Waals surface area (Å²) < 4.78 is 5.87. The zero-order valence-electron chi connectivity index (χ0n) is 15.4. The Morgan fingerprint density at radius 3 is 2.81 bits per heavy atom. The first-order chi connectivity index (χ1) is 13.1. The van der Waals surface area contributed by atoms with Gasteiger partial charge in [0.1, 0.15) is 12.4 Å². The summed E-state index contributed by atoms with van der Waals surface area (Å²) in [6.07, 6.45) is 3.84. The number of carbonyl (C=O) groups is 1. The second-order valence-electron chi connectivity index (χ2n) is 7.09. The zero-order chi connectivity index (χ0) is 19.1. The van der Waals surface area contributed by atoms with Crippen LogP contribution in [-0.4, -0.2) is 11.9 Å². The summed E-state index contributed by atoms with van der Waals surface area (Å²) in [6.45, 7) is 1.16. The Balaban J connectivity index is 1.52. The minimum Gasteiger partial charge on any atom is -0.489 e. The number of nitrogens with one attached hydrogen (secondary N) is 1. The van der Waals surface area contributed by atoms with Gasteiger partial charge in [0.05, 0.1) is 11.6 Å². The Bertz CT molecular complexity index is 828. The second kappa shape index (κ2) is 9.20. The van der Waals surface area contributed by atoms with Gasteiger partial charge >= 0.3 is 0 Å². The van der Waals surface area contributed by atoms with E-state index in [2.05, 4.69) is 17.5 Å². The van der Waals surface area contributed by atoms with E-state index in [4.69, 9.17) is 15.7 Å².